The van der Waals surface area contributed by atoms with Gasteiger partial charge in [-0.1, -0.05) is 13.8 Å². The van der Waals surface area contributed by atoms with Crippen molar-refractivity contribution in [3.8, 4) is 0 Å². The molecule has 30 heavy (non-hydrogen) atoms. The number of hydrogen-bond acceptors (Lipinski definition) is 5. The molecule has 162 valence electrons. The number of rotatable bonds is 3. The first-order valence-corrected chi connectivity index (χ1v) is 11.3. The molecule has 0 spiro atoms. The number of fused-ring (bicyclic) bond motifs is 2. The van der Waals surface area contributed by atoms with Gasteiger partial charge < -0.3 is 9.64 Å². The summed E-state index contributed by atoms with van der Waals surface area (Å²) in [6, 6.07) is 2.44. The number of aromatic nitrogens is 3. The second kappa shape index (κ2) is 7.81. The van der Waals surface area contributed by atoms with E-state index in [1.807, 2.05) is 24.8 Å². The molecule has 2 saturated heterocycles. The van der Waals surface area contributed by atoms with Crippen LogP contribution in [0.15, 0.2) is 10.9 Å². The van der Waals surface area contributed by atoms with Crippen LogP contribution in [-0.4, -0.2) is 62.7 Å². The molecule has 2 fully saturated rings. The van der Waals surface area contributed by atoms with Crippen molar-refractivity contribution in [1.29, 1.82) is 0 Å². The van der Waals surface area contributed by atoms with Crippen LogP contribution in [0.25, 0.3) is 5.65 Å². The second-order valence-corrected chi connectivity index (χ2v) is 9.16. The number of nitrogens with one attached hydrogen (secondary N) is 1. The minimum Gasteiger partial charge on any atom is -0.381 e. The topological polar surface area (TPSA) is 82.9 Å². The van der Waals surface area contributed by atoms with Gasteiger partial charge in [0.15, 0.2) is 5.65 Å². The van der Waals surface area contributed by atoms with Crippen LogP contribution >= 0.6 is 0 Å². The van der Waals surface area contributed by atoms with E-state index >= 15 is 0 Å². The molecular weight excluding hydrogens is 382 g/mol. The van der Waals surface area contributed by atoms with Crippen molar-refractivity contribution in [1.82, 2.24) is 24.4 Å². The Hall–Kier alpha value is -2.19. The van der Waals surface area contributed by atoms with Crippen LogP contribution in [0.1, 0.15) is 62.5 Å². The first kappa shape index (κ1) is 19.8. The lowest BCUT2D eigenvalue weighted by Gasteiger charge is -2.36. The molecule has 0 aliphatic carbocycles. The highest BCUT2D eigenvalue weighted by atomic mass is 16.5. The molecule has 1 N–H and O–H groups in total. The number of ether oxygens (including phenoxy) is 1. The van der Waals surface area contributed by atoms with Gasteiger partial charge in [-0.05, 0) is 25.7 Å². The molecule has 5 rings (SSSR count). The van der Waals surface area contributed by atoms with E-state index in [0.29, 0.717) is 18.2 Å². The molecule has 5 heterocycles. The Labute approximate surface area is 176 Å². The van der Waals surface area contributed by atoms with Crippen LogP contribution in [-0.2, 0) is 22.5 Å². The Morgan fingerprint density at radius 3 is 2.80 bits per heavy atom. The number of aromatic amines is 1. The van der Waals surface area contributed by atoms with Gasteiger partial charge in [0, 0.05) is 57.3 Å². The van der Waals surface area contributed by atoms with Gasteiger partial charge >= 0.3 is 0 Å². The van der Waals surface area contributed by atoms with Crippen molar-refractivity contribution in [2.24, 2.45) is 5.92 Å². The zero-order valence-corrected chi connectivity index (χ0v) is 17.9. The highest BCUT2D eigenvalue weighted by molar-refractivity contribution is 5.78. The summed E-state index contributed by atoms with van der Waals surface area (Å²) in [6.07, 6.45) is 4.76. The number of carbonyl (C=O) groups is 1. The largest absolute Gasteiger partial charge is 0.381 e. The first-order valence-electron chi connectivity index (χ1n) is 11.3. The Morgan fingerprint density at radius 1 is 1.23 bits per heavy atom. The maximum Gasteiger partial charge on any atom is 0.277 e. The average Bonchev–Trinajstić information content (AvgIpc) is 3.41. The molecule has 2 aromatic rings. The molecule has 2 aromatic heterocycles. The van der Waals surface area contributed by atoms with Crippen molar-refractivity contribution < 1.29 is 9.53 Å². The van der Waals surface area contributed by atoms with Gasteiger partial charge in [-0.25, -0.2) is 9.50 Å². The third-order valence-corrected chi connectivity index (χ3v) is 6.91. The van der Waals surface area contributed by atoms with Gasteiger partial charge in [0.05, 0.1) is 23.0 Å². The predicted molar refractivity (Wildman–Crippen MR) is 112 cm³/mol. The summed E-state index contributed by atoms with van der Waals surface area (Å²) >= 11 is 0. The molecule has 8 heteroatoms. The van der Waals surface area contributed by atoms with E-state index in [0.717, 1.165) is 75.4 Å². The Balaban J connectivity index is 1.46. The van der Waals surface area contributed by atoms with Crippen molar-refractivity contribution in [3.05, 3.63) is 33.4 Å². The Kier molecular flexibility index (Phi) is 5.14. The SMILES string of the molecule is CC(C)C(=O)N1CCC[C@H]1c1cc2nc3c(c(=O)n2[nH]1)CN(C1CCOCC1)CC3. The molecule has 1 atom stereocenters. The lowest BCUT2D eigenvalue weighted by Crippen LogP contribution is -2.44. The predicted octanol–water partition coefficient (Wildman–Crippen LogP) is 1.88. The number of amides is 1. The number of carbonyl (C=O) groups excluding carboxylic acids is 1. The van der Waals surface area contributed by atoms with E-state index in [4.69, 9.17) is 9.72 Å². The van der Waals surface area contributed by atoms with E-state index < -0.39 is 0 Å². The fourth-order valence-corrected chi connectivity index (χ4v) is 5.24. The number of likely N-dealkylation sites (tertiary alicyclic amines) is 1. The minimum absolute atomic E-state index is 0.00209. The van der Waals surface area contributed by atoms with Crippen LogP contribution in [0.2, 0.25) is 0 Å². The normalized spacial score (nSPS) is 23.4. The lowest BCUT2D eigenvalue weighted by atomic mass is 10.0. The maximum atomic E-state index is 13.3. The summed E-state index contributed by atoms with van der Waals surface area (Å²) < 4.78 is 7.08. The third-order valence-electron chi connectivity index (χ3n) is 6.91. The van der Waals surface area contributed by atoms with Crippen molar-refractivity contribution in [2.45, 2.75) is 64.6 Å². The zero-order chi connectivity index (χ0) is 20.8. The van der Waals surface area contributed by atoms with Gasteiger partial charge in [-0.15, -0.1) is 0 Å². The monoisotopic (exact) mass is 413 g/mol. The lowest BCUT2D eigenvalue weighted by molar-refractivity contribution is -0.135. The summed E-state index contributed by atoms with van der Waals surface area (Å²) in [5, 5.41) is 3.28. The highest BCUT2D eigenvalue weighted by Crippen LogP contribution is 2.32. The van der Waals surface area contributed by atoms with Gasteiger partial charge in [0.25, 0.3) is 5.56 Å². The number of hydrogen-bond donors (Lipinski definition) is 1. The van der Waals surface area contributed by atoms with E-state index in [1.54, 1.807) is 4.52 Å². The minimum atomic E-state index is -0.0284. The fraction of sp³-hybridized carbons (Fsp3) is 0.682. The first-order chi connectivity index (χ1) is 14.5. The zero-order valence-electron chi connectivity index (χ0n) is 17.9. The van der Waals surface area contributed by atoms with E-state index in [9.17, 15) is 9.59 Å². The molecular formula is C22H31N5O3. The number of nitrogens with zero attached hydrogens (tertiary/aromatic N) is 4. The van der Waals surface area contributed by atoms with Crippen molar-refractivity contribution in [3.63, 3.8) is 0 Å². The Morgan fingerprint density at radius 2 is 2.03 bits per heavy atom. The quantitative estimate of drug-likeness (QED) is 0.831. The summed E-state index contributed by atoms with van der Waals surface area (Å²) in [4.78, 5) is 35.1. The van der Waals surface area contributed by atoms with Crippen LogP contribution in [0.5, 0.6) is 0 Å². The maximum absolute atomic E-state index is 13.3. The smallest absolute Gasteiger partial charge is 0.277 e. The Bertz CT molecular complexity index is 1000. The van der Waals surface area contributed by atoms with Gasteiger partial charge in [-0.2, -0.15) is 0 Å². The molecule has 1 amide bonds. The van der Waals surface area contributed by atoms with Crippen LogP contribution in [0.4, 0.5) is 0 Å². The molecule has 3 aliphatic heterocycles. The van der Waals surface area contributed by atoms with E-state index in [1.165, 1.54) is 0 Å². The summed E-state index contributed by atoms with van der Waals surface area (Å²) in [5.41, 5.74) is 3.31. The molecule has 0 bridgehead atoms. The second-order valence-electron chi connectivity index (χ2n) is 9.16. The highest BCUT2D eigenvalue weighted by Gasteiger charge is 2.33. The summed E-state index contributed by atoms with van der Waals surface area (Å²) in [7, 11) is 0. The average molecular weight is 414 g/mol. The van der Waals surface area contributed by atoms with Crippen LogP contribution in [0.3, 0.4) is 0 Å². The number of H-pyrrole nitrogens is 1. The molecule has 0 saturated carbocycles. The molecule has 0 aromatic carbocycles. The fourth-order valence-electron chi connectivity index (χ4n) is 5.24. The van der Waals surface area contributed by atoms with Crippen molar-refractivity contribution >= 4 is 11.6 Å². The molecule has 8 nitrogen and oxygen atoms in total. The third kappa shape index (κ3) is 3.36. The van der Waals surface area contributed by atoms with Crippen LogP contribution < -0.4 is 5.56 Å². The van der Waals surface area contributed by atoms with Gasteiger partial charge in [-0.3, -0.25) is 19.6 Å². The van der Waals surface area contributed by atoms with E-state index in [2.05, 4.69) is 10.00 Å². The molecule has 0 radical (unpaired) electrons. The standard InChI is InChI=1S/C22H31N5O3/c1-14(2)21(28)26-8-3-4-19(26)18-12-20-23-17-5-9-25(15-6-10-30-11-7-15)13-16(17)22(29)27(20)24-18/h12,14-15,19,24H,3-11,13H2,1-2H3/t19-/m0/s1. The van der Waals surface area contributed by atoms with Gasteiger partial charge in [0.2, 0.25) is 5.91 Å². The van der Waals surface area contributed by atoms with Crippen molar-refractivity contribution in [2.75, 3.05) is 26.3 Å². The van der Waals surface area contributed by atoms with Crippen LogP contribution in [0, 0.1) is 5.92 Å². The summed E-state index contributed by atoms with van der Waals surface area (Å²) in [5.74, 6) is 0.141. The van der Waals surface area contributed by atoms with E-state index in [-0.39, 0.29) is 23.4 Å². The summed E-state index contributed by atoms with van der Waals surface area (Å²) in [6.45, 7) is 7.85. The molecule has 3 aliphatic rings. The molecule has 0 unspecified atom stereocenters. The van der Waals surface area contributed by atoms with Gasteiger partial charge in [0.1, 0.15) is 0 Å².